The number of nitrogens with zero attached hydrogens (tertiary/aromatic N) is 2. The number of hydrogen-bond donors (Lipinski definition) is 0. The van der Waals surface area contributed by atoms with Gasteiger partial charge in [0.2, 0.25) is 0 Å². The maximum absolute atomic E-state index is 13.1. The van der Waals surface area contributed by atoms with Crippen LogP contribution in [-0.4, -0.2) is 15.5 Å². The summed E-state index contributed by atoms with van der Waals surface area (Å²) in [6.45, 7) is 0.590. The van der Waals surface area contributed by atoms with Crippen LogP contribution in [0.15, 0.2) is 115 Å². The van der Waals surface area contributed by atoms with Crippen molar-refractivity contribution in [1.29, 1.82) is 0 Å². The maximum atomic E-state index is 13.1. The van der Waals surface area contributed by atoms with Gasteiger partial charge in [0.05, 0.1) is 23.1 Å². The summed E-state index contributed by atoms with van der Waals surface area (Å²) in [4.78, 5) is 18.0. The summed E-state index contributed by atoms with van der Waals surface area (Å²) in [5, 5.41) is 3.49. The molecule has 0 aliphatic heterocycles. The molecule has 1 aromatic heterocycles. The van der Waals surface area contributed by atoms with Gasteiger partial charge in [-0.15, -0.1) is 0 Å². The van der Waals surface area contributed by atoms with E-state index in [4.69, 9.17) is 32.9 Å². The minimum absolute atomic E-state index is 0.362. The van der Waals surface area contributed by atoms with Crippen LogP contribution in [0.25, 0.3) is 33.6 Å². The van der Waals surface area contributed by atoms with Crippen LogP contribution in [0.4, 0.5) is 0 Å². The molecule has 0 aliphatic carbocycles. The Bertz CT molecular complexity index is 1830. The second-order valence-corrected chi connectivity index (χ2v) is 9.97. The smallest absolute Gasteiger partial charge is 0.343 e. The molecule has 5 aromatic carbocycles. The molecule has 190 valence electrons. The molecule has 0 spiro atoms. The highest BCUT2D eigenvalue weighted by Gasteiger charge is 2.17. The lowest BCUT2D eigenvalue weighted by atomic mass is 10.0. The molecule has 6 aromatic rings. The number of carbonyl (C=O) groups excluding carboxylic acids is 1. The average Bonchev–Trinajstić information content (AvgIpc) is 3.30. The van der Waals surface area contributed by atoms with Gasteiger partial charge >= 0.3 is 5.97 Å². The predicted octanol–water partition coefficient (Wildman–Crippen LogP) is 8.90. The molecule has 0 amide bonds. The van der Waals surface area contributed by atoms with Gasteiger partial charge < -0.3 is 9.30 Å². The molecular formula is C33H22Cl2N2O2. The number of ether oxygens (including phenoxy) is 1. The van der Waals surface area contributed by atoms with Gasteiger partial charge in [-0.1, -0.05) is 77.8 Å². The number of para-hydroxylation sites is 2. The van der Waals surface area contributed by atoms with E-state index >= 15 is 0 Å². The van der Waals surface area contributed by atoms with E-state index in [-0.39, 0.29) is 0 Å². The molecular weight excluding hydrogens is 527 g/mol. The number of esters is 1. The Kier molecular flexibility index (Phi) is 6.89. The lowest BCUT2D eigenvalue weighted by Crippen LogP contribution is -2.07. The molecule has 6 rings (SSSR count). The lowest BCUT2D eigenvalue weighted by Gasteiger charge is -2.13. The zero-order chi connectivity index (χ0) is 26.8. The van der Waals surface area contributed by atoms with Gasteiger partial charge in [-0.25, -0.2) is 9.78 Å². The van der Waals surface area contributed by atoms with Crippen LogP contribution in [-0.2, 0) is 11.3 Å². The maximum Gasteiger partial charge on any atom is 0.343 e. The molecule has 0 fully saturated rings. The first kappa shape index (κ1) is 24.9. The first-order chi connectivity index (χ1) is 19.0. The minimum Gasteiger partial charge on any atom is -0.422 e. The number of halogens is 2. The van der Waals surface area contributed by atoms with E-state index < -0.39 is 5.97 Å². The summed E-state index contributed by atoms with van der Waals surface area (Å²) in [7, 11) is 0. The minimum atomic E-state index is -0.496. The molecule has 0 atom stereocenters. The molecule has 0 saturated heterocycles. The van der Waals surface area contributed by atoms with Crippen LogP contribution >= 0.6 is 23.2 Å². The fourth-order valence-electron chi connectivity index (χ4n) is 4.62. The van der Waals surface area contributed by atoms with Crippen LogP contribution in [0.3, 0.4) is 0 Å². The van der Waals surface area contributed by atoms with E-state index in [1.165, 1.54) is 10.8 Å². The predicted molar refractivity (Wildman–Crippen MR) is 159 cm³/mol. The molecule has 0 bridgehead atoms. The van der Waals surface area contributed by atoms with Crippen molar-refractivity contribution in [1.82, 2.24) is 9.55 Å². The summed E-state index contributed by atoms with van der Waals surface area (Å²) in [5.41, 5.74) is 4.09. The van der Waals surface area contributed by atoms with Crippen LogP contribution in [0.5, 0.6) is 0 Å². The van der Waals surface area contributed by atoms with E-state index in [1.807, 2.05) is 54.6 Å². The number of rotatable bonds is 6. The van der Waals surface area contributed by atoms with Crippen molar-refractivity contribution in [3.63, 3.8) is 0 Å². The van der Waals surface area contributed by atoms with Gasteiger partial charge in [0.15, 0.2) is 0 Å². The Hall–Kier alpha value is -4.38. The molecule has 0 aliphatic rings. The first-order valence-electron chi connectivity index (χ1n) is 12.4. The average molecular weight is 549 g/mol. The summed E-state index contributed by atoms with van der Waals surface area (Å²) in [6, 6.07) is 36.4. The number of fused-ring (bicyclic) bond motifs is 2. The van der Waals surface area contributed by atoms with Gasteiger partial charge in [0.25, 0.3) is 0 Å². The first-order valence-corrected chi connectivity index (χ1v) is 13.2. The van der Waals surface area contributed by atoms with Gasteiger partial charge in [0, 0.05) is 21.7 Å². The number of benzene rings is 5. The monoisotopic (exact) mass is 548 g/mol. The Balaban J connectivity index is 1.47. The lowest BCUT2D eigenvalue weighted by molar-refractivity contribution is 0.0693. The number of carbonyl (C=O) groups is 1. The second-order valence-electron chi connectivity index (χ2n) is 9.10. The highest BCUT2D eigenvalue weighted by Crippen LogP contribution is 2.27. The standard InChI is InChI=1S/C33H22Cl2N2O2/c34-26-16-12-23(13-17-26)31(39-33(38)24-14-18-27(35)19-15-24)20-32-36-29-10-3-4-11-30(29)37(32)21-25-8-5-7-22-6-1-2-9-28(22)25/h1-20H,21H2/b31-20-. The number of imidazole rings is 1. The Morgan fingerprint density at radius 1 is 0.744 bits per heavy atom. The summed E-state index contributed by atoms with van der Waals surface area (Å²) >= 11 is 12.2. The number of aromatic nitrogens is 2. The van der Waals surface area contributed by atoms with E-state index in [9.17, 15) is 4.79 Å². The van der Waals surface area contributed by atoms with Crippen LogP contribution in [0.2, 0.25) is 10.0 Å². The highest BCUT2D eigenvalue weighted by atomic mass is 35.5. The van der Waals surface area contributed by atoms with Gasteiger partial charge in [-0.05, 0) is 77.0 Å². The molecule has 0 radical (unpaired) electrons. The summed E-state index contributed by atoms with van der Waals surface area (Å²) in [5.74, 6) is 0.531. The Morgan fingerprint density at radius 2 is 1.38 bits per heavy atom. The van der Waals surface area contributed by atoms with E-state index in [1.54, 1.807) is 36.4 Å². The van der Waals surface area contributed by atoms with Crippen molar-refractivity contribution in [3.8, 4) is 0 Å². The van der Waals surface area contributed by atoms with Crippen molar-refractivity contribution >= 4 is 62.8 Å². The molecule has 0 N–H and O–H groups in total. The molecule has 6 heteroatoms. The summed E-state index contributed by atoms with van der Waals surface area (Å²) in [6.07, 6.45) is 1.81. The Morgan fingerprint density at radius 3 is 2.15 bits per heavy atom. The Labute approximate surface area is 235 Å². The van der Waals surface area contributed by atoms with Crippen LogP contribution in [0.1, 0.15) is 27.3 Å². The second kappa shape index (κ2) is 10.8. The topological polar surface area (TPSA) is 44.1 Å². The third-order valence-corrected chi connectivity index (χ3v) is 7.07. The normalized spacial score (nSPS) is 11.7. The fourth-order valence-corrected chi connectivity index (χ4v) is 4.87. The van der Waals surface area contributed by atoms with Crippen LogP contribution < -0.4 is 0 Å². The van der Waals surface area contributed by atoms with Crippen molar-refractivity contribution in [2.24, 2.45) is 0 Å². The zero-order valence-electron chi connectivity index (χ0n) is 20.7. The third-order valence-electron chi connectivity index (χ3n) is 6.56. The quantitative estimate of drug-likeness (QED) is 0.154. The van der Waals surface area contributed by atoms with E-state index in [2.05, 4.69) is 34.9 Å². The molecule has 1 heterocycles. The van der Waals surface area contributed by atoms with Crippen molar-refractivity contribution in [2.75, 3.05) is 0 Å². The van der Waals surface area contributed by atoms with E-state index in [0.717, 1.165) is 16.6 Å². The van der Waals surface area contributed by atoms with Crippen molar-refractivity contribution < 1.29 is 9.53 Å². The van der Waals surface area contributed by atoms with Crippen molar-refractivity contribution in [3.05, 3.63) is 148 Å². The molecule has 39 heavy (non-hydrogen) atoms. The third kappa shape index (κ3) is 5.30. The van der Waals surface area contributed by atoms with E-state index in [0.29, 0.717) is 39.3 Å². The van der Waals surface area contributed by atoms with Crippen molar-refractivity contribution in [2.45, 2.75) is 6.54 Å². The SMILES string of the molecule is O=C(O/C(=C\c1nc2ccccc2n1Cc1cccc2ccccc12)c1ccc(Cl)cc1)c1ccc(Cl)cc1. The zero-order valence-corrected chi connectivity index (χ0v) is 22.2. The van der Waals surface area contributed by atoms with Gasteiger partial charge in [-0.3, -0.25) is 0 Å². The molecule has 0 saturated carbocycles. The molecule has 4 nitrogen and oxygen atoms in total. The number of hydrogen-bond acceptors (Lipinski definition) is 3. The van der Waals surface area contributed by atoms with Gasteiger partial charge in [0.1, 0.15) is 11.6 Å². The highest BCUT2D eigenvalue weighted by molar-refractivity contribution is 6.31. The fraction of sp³-hybridized carbons (Fsp3) is 0.0303. The van der Waals surface area contributed by atoms with Crippen LogP contribution in [0, 0.1) is 0 Å². The van der Waals surface area contributed by atoms with Gasteiger partial charge in [-0.2, -0.15) is 0 Å². The summed E-state index contributed by atoms with van der Waals surface area (Å²) < 4.78 is 8.10. The largest absolute Gasteiger partial charge is 0.422 e. The molecule has 0 unspecified atom stereocenters.